The normalized spacial score (nSPS) is 20.8. The third kappa shape index (κ3) is 4.33. The Bertz CT molecular complexity index is 739. The summed E-state index contributed by atoms with van der Waals surface area (Å²) in [6.07, 6.45) is -3.23. The van der Waals surface area contributed by atoms with Gasteiger partial charge in [-0.1, -0.05) is 31.2 Å². The predicted octanol–water partition coefficient (Wildman–Crippen LogP) is 6.02. The number of benzene rings is 2. The highest BCUT2D eigenvalue weighted by atomic mass is 19.4. The summed E-state index contributed by atoms with van der Waals surface area (Å²) < 4.78 is 73.5. The smallest absolute Gasteiger partial charge is 0.399 e. The van der Waals surface area contributed by atoms with E-state index in [2.05, 4.69) is 11.7 Å². The average molecular weight is 372 g/mol. The van der Waals surface area contributed by atoms with Crippen molar-refractivity contribution in [1.29, 1.82) is 0 Å². The number of hydrogen-bond donors (Lipinski definition) is 0. The SMILES string of the molecule is CC1CCC(c2ccc(-c3cc(F)c(OC(F)(F)F)c(F)c3)cc2)OC1. The molecule has 0 N–H and O–H groups in total. The molecule has 0 aromatic heterocycles. The van der Waals surface area contributed by atoms with Crippen LogP contribution in [-0.2, 0) is 4.74 Å². The van der Waals surface area contributed by atoms with Crippen molar-refractivity contribution in [3.8, 4) is 16.9 Å². The zero-order chi connectivity index (χ0) is 18.9. The second-order valence-corrected chi connectivity index (χ2v) is 6.44. The minimum atomic E-state index is -5.16. The molecular weight excluding hydrogens is 355 g/mol. The second kappa shape index (κ2) is 7.23. The molecule has 0 spiro atoms. The summed E-state index contributed by atoms with van der Waals surface area (Å²) in [6, 6.07) is 8.55. The summed E-state index contributed by atoms with van der Waals surface area (Å²) in [5, 5.41) is 0. The summed E-state index contributed by atoms with van der Waals surface area (Å²) in [7, 11) is 0. The van der Waals surface area contributed by atoms with E-state index in [4.69, 9.17) is 4.74 Å². The first-order chi connectivity index (χ1) is 12.2. The van der Waals surface area contributed by atoms with Gasteiger partial charge in [-0.2, -0.15) is 0 Å². The van der Waals surface area contributed by atoms with Gasteiger partial charge in [0, 0.05) is 6.61 Å². The molecule has 0 saturated carbocycles. The van der Waals surface area contributed by atoms with E-state index >= 15 is 0 Å². The second-order valence-electron chi connectivity index (χ2n) is 6.44. The number of rotatable bonds is 3. The maximum absolute atomic E-state index is 13.8. The lowest BCUT2D eigenvalue weighted by Gasteiger charge is -2.27. The molecule has 7 heteroatoms. The van der Waals surface area contributed by atoms with Crippen LogP contribution in [0.4, 0.5) is 22.0 Å². The van der Waals surface area contributed by atoms with E-state index in [0.717, 1.165) is 30.5 Å². The van der Waals surface area contributed by atoms with Gasteiger partial charge in [-0.05, 0) is 47.6 Å². The van der Waals surface area contributed by atoms with Crippen LogP contribution in [0.3, 0.4) is 0 Å². The standard InChI is InChI=1S/C19H17F5O2/c1-11-2-7-17(25-10-11)13-5-3-12(4-6-13)14-8-15(20)18(16(21)9-14)26-19(22,23)24/h3-6,8-9,11,17H,2,7,10H2,1H3. The largest absolute Gasteiger partial charge is 0.573 e. The highest BCUT2D eigenvalue weighted by molar-refractivity contribution is 5.65. The molecule has 2 aromatic rings. The maximum atomic E-state index is 13.8. The van der Waals surface area contributed by atoms with Gasteiger partial charge in [-0.25, -0.2) is 8.78 Å². The van der Waals surface area contributed by atoms with E-state index in [0.29, 0.717) is 18.1 Å². The van der Waals surface area contributed by atoms with Crippen LogP contribution in [0.15, 0.2) is 36.4 Å². The first-order valence-corrected chi connectivity index (χ1v) is 8.19. The summed E-state index contributed by atoms with van der Waals surface area (Å²) in [6.45, 7) is 2.80. The van der Waals surface area contributed by atoms with Gasteiger partial charge in [0.05, 0.1) is 6.10 Å². The fraction of sp³-hybridized carbons (Fsp3) is 0.368. The number of hydrogen-bond acceptors (Lipinski definition) is 2. The third-order valence-electron chi connectivity index (χ3n) is 4.34. The van der Waals surface area contributed by atoms with Crippen molar-refractivity contribution >= 4 is 0 Å². The van der Waals surface area contributed by atoms with Gasteiger partial charge in [0.25, 0.3) is 0 Å². The highest BCUT2D eigenvalue weighted by Gasteiger charge is 2.34. The van der Waals surface area contributed by atoms with Crippen molar-refractivity contribution in [3.05, 3.63) is 53.6 Å². The molecule has 2 unspecified atom stereocenters. The first-order valence-electron chi connectivity index (χ1n) is 8.19. The molecule has 1 aliphatic heterocycles. The molecule has 1 heterocycles. The molecule has 2 nitrogen and oxygen atoms in total. The highest BCUT2D eigenvalue weighted by Crippen LogP contribution is 2.34. The van der Waals surface area contributed by atoms with Gasteiger partial charge in [0.15, 0.2) is 11.6 Å². The molecule has 0 bridgehead atoms. The van der Waals surface area contributed by atoms with Crippen LogP contribution in [0.2, 0.25) is 0 Å². The van der Waals surface area contributed by atoms with Crippen molar-refractivity contribution in [2.24, 2.45) is 5.92 Å². The van der Waals surface area contributed by atoms with Crippen LogP contribution in [0, 0.1) is 17.6 Å². The molecule has 2 atom stereocenters. The van der Waals surface area contributed by atoms with Gasteiger partial charge in [0.2, 0.25) is 5.75 Å². The summed E-state index contributed by atoms with van der Waals surface area (Å²) in [5.74, 6) is -3.76. The van der Waals surface area contributed by atoms with Crippen LogP contribution >= 0.6 is 0 Å². The fourth-order valence-electron chi connectivity index (χ4n) is 2.98. The molecule has 0 radical (unpaired) electrons. The Morgan fingerprint density at radius 2 is 1.58 bits per heavy atom. The minimum absolute atomic E-state index is 0.0173. The van der Waals surface area contributed by atoms with Gasteiger partial charge in [-0.3, -0.25) is 0 Å². The quantitative estimate of drug-likeness (QED) is 0.614. The van der Waals surface area contributed by atoms with Crippen molar-refractivity contribution in [2.45, 2.75) is 32.2 Å². The third-order valence-corrected chi connectivity index (χ3v) is 4.34. The van der Waals surface area contributed by atoms with Crippen LogP contribution in [0.25, 0.3) is 11.1 Å². The molecule has 1 aliphatic rings. The van der Waals surface area contributed by atoms with E-state index in [1.165, 1.54) is 0 Å². The molecule has 1 fully saturated rings. The topological polar surface area (TPSA) is 18.5 Å². The fourth-order valence-corrected chi connectivity index (χ4v) is 2.98. The van der Waals surface area contributed by atoms with Gasteiger partial charge >= 0.3 is 6.36 Å². The van der Waals surface area contributed by atoms with E-state index in [1.807, 2.05) is 0 Å². The Morgan fingerprint density at radius 1 is 0.962 bits per heavy atom. The predicted molar refractivity (Wildman–Crippen MR) is 85.6 cm³/mol. The van der Waals surface area contributed by atoms with E-state index < -0.39 is 23.7 Å². The van der Waals surface area contributed by atoms with Crippen LogP contribution < -0.4 is 4.74 Å². The molecule has 140 valence electrons. The van der Waals surface area contributed by atoms with Gasteiger partial charge in [-0.15, -0.1) is 13.2 Å². The van der Waals surface area contributed by atoms with Crippen molar-refractivity contribution in [1.82, 2.24) is 0 Å². The van der Waals surface area contributed by atoms with E-state index in [-0.39, 0.29) is 11.7 Å². The molecule has 1 saturated heterocycles. The Kier molecular flexibility index (Phi) is 5.18. The van der Waals surface area contributed by atoms with Crippen LogP contribution in [0.1, 0.15) is 31.4 Å². The molecule has 0 aliphatic carbocycles. The zero-order valence-electron chi connectivity index (χ0n) is 13.9. The molecule has 0 amide bonds. The molecular formula is C19H17F5O2. The van der Waals surface area contributed by atoms with E-state index in [9.17, 15) is 22.0 Å². The summed E-state index contributed by atoms with van der Waals surface area (Å²) in [5.41, 5.74) is 1.56. The Morgan fingerprint density at radius 3 is 2.08 bits per heavy atom. The molecule has 26 heavy (non-hydrogen) atoms. The van der Waals surface area contributed by atoms with Crippen LogP contribution in [0.5, 0.6) is 5.75 Å². The van der Waals surface area contributed by atoms with Crippen LogP contribution in [-0.4, -0.2) is 13.0 Å². The lowest BCUT2D eigenvalue weighted by atomic mass is 9.94. The number of alkyl halides is 3. The summed E-state index contributed by atoms with van der Waals surface area (Å²) in [4.78, 5) is 0. The summed E-state index contributed by atoms with van der Waals surface area (Å²) >= 11 is 0. The van der Waals surface area contributed by atoms with Gasteiger partial charge < -0.3 is 9.47 Å². The Balaban J connectivity index is 1.81. The first kappa shape index (κ1) is 18.6. The van der Waals surface area contributed by atoms with Crippen molar-refractivity contribution in [2.75, 3.05) is 6.61 Å². The van der Waals surface area contributed by atoms with E-state index in [1.54, 1.807) is 24.3 Å². The zero-order valence-corrected chi connectivity index (χ0v) is 13.9. The number of halogens is 5. The average Bonchev–Trinajstić information content (AvgIpc) is 2.58. The number of ether oxygens (including phenoxy) is 2. The lowest BCUT2D eigenvalue weighted by Crippen LogP contribution is -2.19. The van der Waals surface area contributed by atoms with Crippen molar-refractivity contribution in [3.63, 3.8) is 0 Å². The van der Waals surface area contributed by atoms with Crippen molar-refractivity contribution < 1.29 is 31.4 Å². The molecule has 2 aromatic carbocycles. The minimum Gasteiger partial charge on any atom is -0.399 e. The lowest BCUT2D eigenvalue weighted by molar-refractivity contribution is -0.276. The van der Waals surface area contributed by atoms with Gasteiger partial charge in [0.1, 0.15) is 0 Å². The Hall–Kier alpha value is -2.15. The maximum Gasteiger partial charge on any atom is 0.573 e. The Labute approximate surface area is 147 Å². The molecule has 3 rings (SSSR count). The monoisotopic (exact) mass is 372 g/mol.